The van der Waals surface area contributed by atoms with Crippen molar-refractivity contribution in [2.45, 2.75) is 6.92 Å². The molecule has 14 heavy (non-hydrogen) atoms. The van der Waals surface area contributed by atoms with Crippen molar-refractivity contribution in [3.63, 3.8) is 0 Å². The largest absolute Gasteiger partial charge is 0.369 e. The van der Waals surface area contributed by atoms with E-state index < -0.39 is 0 Å². The molecule has 0 aliphatic heterocycles. The molecule has 0 aliphatic carbocycles. The van der Waals surface area contributed by atoms with E-state index in [-0.39, 0.29) is 0 Å². The summed E-state index contributed by atoms with van der Waals surface area (Å²) in [5.74, 6) is 0.938. The van der Waals surface area contributed by atoms with Crippen LogP contribution in [0.5, 0.6) is 0 Å². The molecule has 1 aromatic heterocycles. The van der Waals surface area contributed by atoms with Crippen molar-refractivity contribution in [3.05, 3.63) is 22.3 Å². The van der Waals surface area contributed by atoms with E-state index in [2.05, 4.69) is 45.2 Å². The van der Waals surface area contributed by atoms with Crippen molar-refractivity contribution < 1.29 is 0 Å². The summed E-state index contributed by atoms with van der Waals surface area (Å²) >= 11 is 3.42. The fourth-order valence-corrected chi connectivity index (χ4v) is 1.27. The third-order valence-corrected chi connectivity index (χ3v) is 2.72. The van der Waals surface area contributed by atoms with E-state index in [1.165, 1.54) is 0 Å². The highest BCUT2D eigenvalue weighted by Crippen LogP contribution is 2.15. The van der Waals surface area contributed by atoms with Gasteiger partial charge in [0.15, 0.2) is 0 Å². The molecule has 1 aromatic rings. The van der Waals surface area contributed by atoms with E-state index in [4.69, 9.17) is 0 Å². The van der Waals surface area contributed by atoms with Gasteiger partial charge in [0.2, 0.25) is 0 Å². The standard InChI is InChI=1S/C10H16BrN3/c1-8-9(11)4-5-10(13-8)12-6-7-14(2)3/h4-5H,6-7H2,1-3H3,(H,12,13). The Kier molecular flexibility index (Phi) is 4.35. The van der Waals surface area contributed by atoms with Gasteiger partial charge in [-0.2, -0.15) is 0 Å². The second-order valence-corrected chi connectivity index (χ2v) is 4.35. The molecule has 1 N–H and O–H groups in total. The number of hydrogen-bond donors (Lipinski definition) is 1. The number of aryl methyl sites for hydroxylation is 1. The highest BCUT2D eigenvalue weighted by Gasteiger charge is 1.98. The lowest BCUT2D eigenvalue weighted by atomic mass is 10.4. The topological polar surface area (TPSA) is 28.2 Å². The van der Waals surface area contributed by atoms with Crippen molar-refractivity contribution in [1.82, 2.24) is 9.88 Å². The molecule has 0 radical (unpaired) electrons. The number of halogens is 1. The highest BCUT2D eigenvalue weighted by molar-refractivity contribution is 9.10. The normalized spacial score (nSPS) is 10.6. The van der Waals surface area contributed by atoms with Gasteiger partial charge in [-0.25, -0.2) is 4.98 Å². The first-order chi connectivity index (χ1) is 6.59. The fraction of sp³-hybridized carbons (Fsp3) is 0.500. The van der Waals surface area contributed by atoms with Crippen molar-refractivity contribution >= 4 is 21.7 Å². The lowest BCUT2D eigenvalue weighted by Gasteiger charge is -2.11. The third kappa shape index (κ3) is 3.64. The summed E-state index contributed by atoms with van der Waals surface area (Å²) < 4.78 is 1.05. The van der Waals surface area contributed by atoms with Crippen LogP contribution >= 0.6 is 15.9 Å². The molecule has 0 unspecified atom stereocenters. The van der Waals surface area contributed by atoms with Gasteiger partial charge in [0.05, 0.1) is 5.69 Å². The monoisotopic (exact) mass is 257 g/mol. The molecular weight excluding hydrogens is 242 g/mol. The van der Waals surface area contributed by atoms with Crippen molar-refractivity contribution in [2.24, 2.45) is 0 Å². The Morgan fingerprint density at radius 1 is 1.43 bits per heavy atom. The molecule has 0 saturated heterocycles. The van der Waals surface area contributed by atoms with E-state index >= 15 is 0 Å². The molecule has 4 heteroatoms. The van der Waals surface area contributed by atoms with Crippen LogP contribution in [0.25, 0.3) is 0 Å². The zero-order valence-electron chi connectivity index (χ0n) is 8.84. The fourth-order valence-electron chi connectivity index (χ4n) is 1.05. The molecule has 0 spiro atoms. The predicted octanol–water partition coefficient (Wildman–Crippen LogP) is 2.13. The second-order valence-electron chi connectivity index (χ2n) is 3.49. The van der Waals surface area contributed by atoms with Gasteiger partial charge in [0.25, 0.3) is 0 Å². The van der Waals surface area contributed by atoms with Gasteiger partial charge >= 0.3 is 0 Å². The minimum Gasteiger partial charge on any atom is -0.369 e. The van der Waals surface area contributed by atoms with Crippen LogP contribution in [-0.4, -0.2) is 37.1 Å². The molecule has 0 saturated carbocycles. The summed E-state index contributed by atoms with van der Waals surface area (Å²) in [5, 5.41) is 3.27. The predicted molar refractivity (Wildman–Crippen MR) is 63.7 cm³/mol. The minimum atomic E-state index is 0.918. The molecule has 0 atom stereocenters. The number of aromatic nitrogens is 1. The van der Waals surface area contributed by atoms with Crippen molar-refractivity contribution in [2.75, 3.05) is 32.5 Å². The second kappa shape index (κ2) is 5.32. The first-order valence-corrected chi connectivity index (χ1v) is 5.40. The Hall–Kier alpha value is -0.610. The number of nitrogens with zero attached hydrogens (tertiary/aromatic N) is 2. The van der Waals surface area contributed by atoms with E-state index in [9.17, 15) is 0 Å². The zero-order chi connectivity index (χ0) is 10.6. The SMILES string of the molecule is Cc1nc(NCCN(C)C)ccc1Br. The Labute approximate surface area is 93.7 Å². The summed E-state index contributed by atoms with van der Waals surface area (Å²) in [4.78, 5) is 6.53. The number of rotatable bonds is 4. The number of anilines is 1. The molecule has 0 fully saturated rings. The summed E-state index contributed by atoms with van der Waals surface area (Å²) in [6.45, 7) is 3.92. The van der Waals surface area contributed by atoms with Crippen LogP contribution in [-0.2, 0) is 0 Å². The van der Waals surface area contributed by atoms with Crippen LogP contribution in [0.2, 0.25) is 0 Å². The molecule has 3 nitrogen and oxygen atoms in total. The Bertz CT molecular complexity index is 299. The maximum atomic E-state index is 4.39. The summed E-state index contributed by atoms with van der Waals surface area (Å²) in [6.07, 6.45) is 0. The molecule has 0 bridgehead atoms. The molecule has 78 valence electrons. The lowest BCUT2D eigenvalue weighted by Crippen LogP contribution is -2.21. The highest BCUT2D eigenvalue weighted by atomic mass is 79.9. The van der Waals surface area contributed by atoms with Gasteiger partial charge in [0.1, 0.15) is 5.82 Å². The molecule has 1 heterocycles. The smallest absolute Gasteiger partial charge is 0.126 e. The Morgan fingerprint density at radius 2 is 2.14 bits per heavy atom. The first kappa shape index (κ1) is 11.5. The van der Waals surface area contributed by atoms with Gasteiger partial charge < -0.3 is 10.2 Å². The number of pyridine rings is 1. The van der Waals surface area contributed by atoms with Crippen LogP contribution in [0.1, 0.15) is 5.69 Å². The maximum Gasteiger partial charge on any atom is 0.126 e. The Morgan fingerprint density at radius 3 is 2.71 bits per heavy atom. The average molecular weight is 258 g/mol. The minimum absolute atomic E-state index is 0.918. The van der Waals surface area contributed by atoms with Crippen molar-refractivity contribution in [1.29, 1.82) is 0 Å². The summed E-state index contributed by atoms with van der Waals surface area (Å²) in [7, 11) is 4.11. The maximum absolute atomic E-state index is 4.39. The van der Waals surface area contributed by atoms with Gasteiger partial charge in [-0.3, -0.25) is 0 Å². The third-order valence-electron chi connectivity index (χ3n) is 1.89. The summed E-state index contributed by atoms with van der Waals surface area (Å²) in [5.41, 5.74) is 1.01. The van der Waals surface area contributed by atoms with Crippen LogP contribution in [0.15, 0.2) is 16.6 Å². The first-order valence-electron chi connectivity index (χ1n) is 4.61. The Balaban J connectivity index is 2.47. The molecule has 0 aromatic carbocycles. The van der Waals surface area contributed by atoms with Crippen LogP contribution in [0.4, 0.5) is 5.82 Å². The van der Waals surface area contributed by atoms with Gasteiger partial charge in [-0.15, -0.1) is 0 Å². The van der Waals surface area contributed by atoms with Crippen molar-refractivity contribution in [3.8, 4) is 0 Å². The summed E-state index contributed by atoms with van der Waals surface area (Å²) in [6, 6.07) is 3.99. The molecule has 0 aliphatic rings. The molecular formula is C10H16BrN3. The van der Waals surface area contributed by atoms with E-state index in [1.54, 1.807) is 0 Å². The van der Waals surface area contributed by atoms with Gasteiger partial charge in [-0.05, 0) is 49.1 Å². The van der Waals surface area contributed by atoms with Crippen LogP contribution in [0, 0.1) is 6.92 Å². The zero-order valence-corrected chi connectivity index (χ0v) is 10.4. The van der Waals surface area contributed by atoms with Gasteiger partial charge in [0, 0.05) is 17.6 Å². The van der Waals surface area contributed by atoms with E-state index in [0.29, 0.717) is 0 Å². The van der Waals surface area contributed by atoms with Crippen LogP contribution < -0.4 is 5.32 Å². The van der Waals surface area contributed by atoms with E-state index in [1.807, 2.05) is 19.1 Å². The lowest BCUT2D eigenvalue weighted by molar-refractivity contribution is 0.425. The average Bonchev–Trinajstić information content (AvgIpc) is 2.10. The van der Waals surface area contributed by atoms with Gasteiger partial charge in [-0.1, -0.05) is 0 Å². The molecule has 1 rings (SSSR count). The number of hydrogen-bond acceptors (Lipinski definition) is 3. The number of likely N-dealkylation sites (N-methyl/N-ethyl adjacent to an activating group) is 1. The van der Waals surface area contributed by atoms with E-state index in [0.717, 1.165) is 29.1 Å². The quantitative estimate of drug-likeness (QED) is 0.896. The molecule has 0 amide bonds. The van der Waals surface area contributed by atoms with Crippen LogP contribution in [0.3, 0.4) is 0 Å². The number of nitrogens with one attached hydrogen (secondary N) is 1.